The molecule has 7 radical (unpaired) electrons. The highest BCUT2D eigenvalue weighted by atomic mass is 79.9. The van der Waals surface area contributed by atoms with Gasteiger partial charge in [-0.1, -0.05) is 6.92 Å². The van der Waals surface area contributed by atoms with Gasteiger partial charge in [0.1, 0.15) is 0 Å². The lowest BCUT2D eigenvalue weighted by atomic mass is 10.3. The van der Waals surface area contributed by atoms with E-state index in [1.807, 2.05) is 6.92 Å². The molecule has 3 heteroatoms. The zero-order valence-electron chi connectivity index (χ0n) is 4.82. The average Bonchev–Trinajstić information content (AvgIpc) is 1.73. The van der Waals surface area contributed by atoms with E-state index >= 15 is 0 Å². The molecule has 0 rings (SSSR count). The van der Waals surface area contributed by atoms with E-state index in [2.05, 4.69) is 12.9 Å². The molecule has 1 unspecified atom stereocenters. The summed E-state index contributed by atoms with van der Waals surface area (Å²) < 4.78 is 0. The lowest BCUT2D eigenvalue weighted by molar-refractivity contribution is 0.191. The highest BCUT2D eigenvalue weighted by Gasteiger charge is 2.13. The van der Waals surface area contributed by atoms with Gasteiger partial charge < -0.3 is 5.11 Å². The highest BCUT2D eigenvalue weighted by molar-refractivity contribution is 9.22. The van der Waals surface area contributed by atoms with Crippen molar-refractivity contribution < 1.29 is 5.11 Å². The molecule has 0 heterocycles. The maximum atomic E-state index is 8.36. The second kappa shape index (κ2) is 10.2. The van der Waals surface area contributed by atoms with Gasteiger partial charge in [0, 0.05) is 0 Å². The van der Waals surface area contributed by atoms with Crippen LogP contribution in [0.25, 0.3) is 0 Å². The summed E-state index contributed by atoms with van der Waals surface area (Å²) >= 11 is 4.64. The zero-order chi connectivity index (χ0) is 6.28. The summed E-state index contributed by atoms with van der Waals surface area (Å²) in [5, 5.41) is 8.36. The number of rotatable bonds is 1. The van der Waals surface area contributed by atoms with E-state index in [4.69, 9.17) is 5.11 Å². The molecule has 0 bridgehead atoms. The van der Waals surface area contributed by atoms with Crippen molar-refractivity contribution in [3.05, 3.63) is 0 Å². The van der Waals surface area contributed by atoms with Gasteiger partial charge in [0.25, 0.3) is 0 Å². The Morgan fingerprint density at radius 1 is 1.71 bits per heavy atom. The van der Waals surface area contributed by atoms with Crippen LogP contribution in [0.15, 0.2) is 0 Å². The monoisotopic (exact) mass is 177 g/mol. The molecule has 1 N–H and O–H groups in total. The van der Waals surface area contributed by atoms with Gasteiger partial charge in [-0.25, -0.2) is 0 Å². The Balaban J connectivity index is 0. The van der Waals surface area contributed by atoms with Crippen LogP contribution < -0.4 is 0 Å². The molecule has 0 aromatic heterocycles. The third-order valence-corrected chi connectivity index (χ3v) is 0.591. The van der Waals surface area contributed by atoms with Gasteiger partial charge in [-0.3, -0.25) is 0 Å². The maximum absolute atomic E-state index is 8.36. The first-order valence-electron chi connectivity index (χ1n) is 2.22. The largest absolute Gasteiger partial charge is 1.52 e. The minimum absolute atomic E-state index is 0.116. The summed E-state index contributed by atoms with van der Waals surface area (Å²) in [6.45, 7) is 3.73. The summed E-state index contributed by atoms with van der Waals surface area (Å²) in [6.07, 6.45) is 0.745. The first-order valence-corrected chi connectivity index (χ1v) is 6.12. The molecular formula is C4H10BrMgO+2. The number of hydrogen-bond donors (Lipinski definition) is 1. The number of hydrogen-bond acceptors (Lipinski definition) is 1. The van der Waals surface area contributed by atoms with Crippen LogP contribution in [0.2, 0.25) is 0 Å². The molecule has 0 saturated heterocycles. The summed E-state index contributed by atoms with van der Waals surface area (Å²) in [7, 11) is 0. The zero-order valence-corrected chi connectivity index (χ0v) is 7.82. The van der Waals surface area contributed by atoms with E-state index in [-0.39, 0.29) is 6.10 Å². The van der Waals surface area contributed by atoms with Crippen LogP contribution in [0.5, 0.6) is 0 Å². The number of halogens is 1. The third kappa shape index (κ3) is 19.0. The van der Waals surface area contributed by atoms with Gasteiger partial charge in [-0.15, -0.1) is 0 Å². The van der Waals surface area contributed by atoms with Crippen molar-refractivity contribution in [2.45, 2.75) is 26.4 Å². The predicted octanol–water partition coefficient (Wildman–Crippen LogP) is 1.24. The van der Waals surface area contributed by atoms with Gasteiger partial charge in [-0.05, 0) is 13.3 Å². The van der Waals surface area contributed by atoms with E-state index in [0.29, 0.717) is 0 Å². The molecule has 0 aliphatic heterocycles. The van der Waals surface area contributed by atoms with E-state index in [1.165, 1.54) is 0 Å². The van der Waals surface area contributed by atoms with Crippen LogP contribution in [0.3, 0.4) is 0 Å². The average molecular weight is 178 g/mol. The quantitative estimate of drug-likeness (QED) is 0.599. The predicted molar refractivity (Wildman–Crippen MR) is 36.7 cm³/mol. The summed E-state index contributed by atoms with van der Waals surface area (Å²) in [5.74, 6) is 0. The molecule has 1 nitrogen and oxygen atoms in total. The minimum atomic E-state index is -0.116. The molecule has 0 aromatic rings. The molecule has 0 aliphatic rings. The minimum Gasteiger partial charge on any atom is -0.393 e. The smallest absolute Gasteiger partial charge is 0.393 e. The van der Waals surface area contributed by atoms with Crippen LogP contribution in [0, 0.1) is 0 Å². The molecular weight excluding hydrogens is 168 g/mol. The first-order chi connectivity index (χ1) is 3.27. The van der Waals surface area contributed by atoms with Crippen LogP contribution in [-0.4, -0.2) is 30.7 Å². The summed E-state index contributed by atoms with van der Waals surface area (Å²) in [4.78, 5) is 0. The van der Waals surface area contributed by atoms with E-state index in [9.17, 15) is 0 Å². The van der Waals surface area contributed by atoms with Crippen LogP contribution in [0.1, 0.15) is 20.3 Å². The topological polar surface area (TPSA) is 20.2 Å². The van der Waals surface area contributed by atoms with E-state index in [0.717, 1.165) is 6.42 Å². The molecule has 39 valence electrons. The van der Waals surface area contributed by atoms with Crippen molar-refractivity contribution in [3.8, 4) is 0 Å². The lowest BCUT2D eigenvalue weighted by Crippen LogP contribution is -1.93. The molecule has 0 aromatic carbocycles. The lowest BCUT2D eigenvalue weighted by Gasteiger charge is -1.90. The van der Waals surface area contributed by atoms with Crippen molar-refractivity contribution in [3.63, 3.8) is 0 Å². The summed E-state index contributed by atoms with van der Waals surface area (Å²) in [6, 6.07) is 0. The number of aliphatic hydroxyl groups excluding tert-OH is 1. The fourth-order valence-corrected chi connectivity index (χ4v) is 0. The second-order valence-corrected chi connectivity index (χ2v) is 1.26. The molecule has 0 saturated carbocycles. The normalized spacial score (nSPS) is 11.6. The molecule has 0 spiro atoms. The van der Waals surface area contributed by atoms with Crippen molar-refractivity contribution in [1.82, 2.24) is 0 Å². The van der Waals surface area contributed by atoms with Gasteiger partial charge >= 0.3 is 32.4 Å². The Bertz CT molecular complexity index is 25.7. The molecule has 1 atom stereocenters. The van der Waals surface area contributed by atoms with E-state index in [1.54, 1.807) is 26.5 Å². The van der Waals surface area contributed by atoms with Crippen molar-refractivity contribution >= 4 is 32.4 Å². The van der Waals surface area contributed by atoms with Crippen molar-refractivity contribution in [2.24, 2.45) is 0 Å². The Hall–Kier alpha value is 1.21. The standard InChI is InChI=1S/C4H10O.BrH.Mg/c1-3-4(2)5;;/h4-5H,3H2,1-2H3;1H;/q;;+3/p-1. The van der Waals surface area contributed by atoms with Gasteiger partial charge in [0.15, 0.2) is 0 Å². The van der Waals surface area contributed by atoms with Crippen LogP contribution >= 0.6 is 12.9 Å². The molecule has 0 aliphatic carbocycles. The maximum Gasteiger partial charge on any atom is 1.52 e. The van der Waals surface area contributed by atoms with E-state index < -0.39 is 0 Å². The molecule has 7 heavy (non-hydrogen) atoms. The van der Waals surface area contributed by atoms with Crippen molar-refractivity contribution in [1.29, 1.82) is 0 Å². The van der Waals surface area contributed by atoms with Gasteiger partial charge in [-0.2, -0.15) is 0 Å². The second-order valence-electron chi connectivity index (χ2n) is 1.26. The van der Waals surface area contributed by atoms with Crippen LogP contribution in [-0.2, 0) is 0 Å². The van der Waals surface area contributed by atoms with Crippen molar-refractivity contribution in [2.75, 3.05) is 0 Å². The number of aliphatic hydroxyl groups is 1. The summed E-state index contributed by atoms with van der Waals surface area (Å²) in [5.41, 5.74) is 0. The highest BCUT2D eigenvalue weighted by Crippen LogP contribution is 1.81. The molecule has 0 fully saturated rings. The Morgan fingerprint density at radius 2 is 1.86 bits per heavy atom. The molecule has 0 amide bonds. The Kier molecular flexibility index (Phi) is 16.2. The third-order valence-electron chi connectivity index (χ3n) is 0.591. The van der Waals surface area contributed by atoms with Crippen LogP contribution in [0.4, 0.5) is 0 Å². The van der Waals surface area contributed by atoms with Gasteiger partial charge in [0.05, 0.1) is 6.10 Å². The Labute approximate surface area is 63.8 Å². The first kappa shape index (κ1) is 11.1. The fourth-order valence-electron chi connectivity index (χ4n) is 0. The Morgan fingerprint density at radius 3 is 1.86 bits per heavy atom. The SMILES string of the molecule is CCC(C)O.[Mg+2][Br]. The van der Waals surface area contributed by atoms with Gasteiger partial charge in [0.2, 0.25) is 0 Å². The fraction of sp³-hybridized carbons (Fsp3) is 1.00.